The van der Waals surface area contributed by atoms with E-state index < -0.39 is 5.60 Å². The van der Waals surface area contributed by atoms with Gasteiger partial charge in [-0.05, 0) is 27.7 Å². The van der Waals surface area contributed by atoms with Gasteiger partial charge in [-0.2, -0.15) is 0 Å². The van der Waals surface area contributed by atoms with Crippen molar-refractivity contribution in [3.05, 3.63) is 0 Å². The normalized spacial score (nSPS) is 12.7. The number of amides is 1. The van der Waals surface area contributed by atoms with Crippen LogP contribution < -0.4 is 11.1 Å². The molecule has 0 fully saturated rings. The highest BCUT2D eigenvalue weighted by molar-refractivity contribution is 5.77. The van der Waals surface area contributed by atoms with Crippen LogP contribution in [-0.4, -0.2) is 30.7 Å². The van der Waals surface area contributed by atoms with Gasteiger partial charge in [-0.1, -0.05) is 0 Å². The number of nitrogens with two attached hydrogens (primary N) is 1. The molecule has 0 saturated heterocycles. The molecule has 0 aromatic carbocycles. The zero-order valence-electron chi connectivity index (χ0n) is 9.81. The van der Waals surface area contributed by atoms with E-state index in [-0.39, 0.29) is 11.4 Å². The van der Waals surface area contributed by atoms with E-state index in [9.17, 15) is 4.79 Å². The number of carbonyl (C=O) groups is 1. The molecule has 0 unspecified atom stereocenters. The quantitative estimate of drug-likeness (QED) is 0.688. The van der Waals surface area contributed by atoms with Gasteiger partial charge in [-0.3, -0.25) is 4.79 Å². The van der Waals surface area contributed by atoms with Gasteiger partial charge < -0.3 is 15.8 Å². The summed E-state index contributed by atoms with van der Waals surface area (Å²) < 4.78 is 5.16. The Morgan fingerprint density at radius 3 is 2.21 bits per heavy atom. The first-order chi connectivity index (χ1) is 6.22. The largest absolute Gasteiger partial charge is 0.378 e. The number of ether oxygens (including phenoxy) is 1. The maximum Gasteiger partial charge on any atom is 0.223 e. The predicted molar refractivity (Wildman–Crippen MR) is 57.0 cm³/mol. The van der Waals surface area contributed by atoms with E-state index in [1.54, 1.807) is 7.11 Å². The van der Waals surface area contributed by atoms with E-state index >= 15 is 0 Å². The lowest BCUT2D eigenvalue weighted by Gasteiger charge is -2.28. The van der Waals surface area contributed by atoms with Crippen LogP contribution in [-0.2, 0) is 9.53 Å². The third-order valence-electron chi connectivity index (χ3n) is 2.13. The molecule has 4 nitrogen and oxygen atoms in total. The molecule has 3 N–H and O–H groups in total. The monoisotopic (exact) mass is 202 g/mol. The number of hydrogen-bond acceptors (Lipinski definition) is 3. The third kappa shape index (κ3) is 5.19. The lowest BCUT2D eigenvalue weighted by atomic mass is 10.0. The first-order valence-electron chi connectivity index (χ1n) is 4.79. The van der Waals surface area contributed by atoms with Crippen molar-refractivity contribution in [1.82, 2.24) is 5.32 Å². The minimum Gasteiger partial charge on any atom is -0.378 e. The fourth-order valence-corrected chi connectivity index (χ4v) is 0.931. The second-order valence-electron chi connectivity index (χ2n) is 4.78. The number of hydrogen-bond donors (Lipinski definition) is 2. The summed E-state index contributed by atoms with van der Waals surface area (Å²) in [6.07, 6.45) is 0.340. The van der Waals surface area contributed by atoms with E-state index in [4.69, 9.17) is 10.5 Å². The molecule has 0 radical (unpaired) electrons. The SMILES string of the molecule is COC(C)(C)CC(=O)NC(C)(C)CN. The summed E-state index contributed by atoms with van der Waals surface area (Å²) in [5.74, 6) is -0.0349. The van der Waals surface area contributed by atoms with Gasteiger partial charge in [0.05, 0.1) is 12.0 Å². The Balaban J connectivity index is 4.12. The van der Waals surface area contributed by atoms with Crippen LogP contribution in [0, 0.1) is 0 Å². The van der Waals surface area contributed by atoms with E-state index in [2.05, 4.69) is 5.32 Å². The standard InChI is InChI=1S/C10H22N2O2/c1-9(2,7-11)12-8(13)6-10(3,4)14-5/h6-7,11H2,1-5H3,(H,12,13). The van der Waals surface area contributed by atoms with Crippen LogP contribution in [0.2, 0.25) is 0 Å². The van der Waals surface area contributed by atoms with Gasteiger partial charge >= 0.3 is 0 Å². The van der Waals surface area contributed by atoms with E-state index in [1.807, 2.05) is 27.7 Å². The second kappa shape index (κ2) is 4.75. The Morgan fingerprint density at radius 1 is 1.36 bits per heavy atom. The lowest BCUT2D eigenvalue weighted by molar-refractivity contribution is -0.127. The third-order valence-corrected chi connectivity index (χ3v) is 2.13. The Morgan fingerprint density at radius 2 is 1.86 bits per heavy atom. The van der Waals surface area contributed by atoms with Crippen LogP contribution in [0.25, 0.3) is 0 Å². The minimum absolute atomic E-state index is 0.0349. The molecule has 0 aliphatic rings. The molecule has 0 aliphatic carbocycles. The van der Waals surface area contributed by atoms with Crippen LogP contribution in [0.3, 0.4) is 0 Å². The highest BCUT2D eigenvalue weighted by atomic mass is 16.5. The Hall–Kier alpha value is -0.610. The van der Waals surface area contributed by atoms with Crippen LogP contribution in [0.4, 0.5) is 0 Å². The molecule has 14 heavy (non-hydrogen) atoms. The van der Waals surface area contributed by atoms with Gasteiger partial charge in [-0.15, -0.1) is 0 Å². The summed E-state index contributed by atoms with van der Waals surface area (Å²) in [4.78, 5) is 11.5. The van der Waals surface area contributed by atoms with Gasteiger partial charge in [0.15, 0.2) is 0 Å². The summed E-state index contributed by atoms with van der Waals surface area (Å²) in [5, 5.41) is 2.85. The van der Waals surface area contributed by atoms with Crippen molar-refractivity contribution in [3.8, 4) is 0 Å². The number of methoxy groups -OCH3 is 1. The van der Waals surface area contributed by atoms with E-state index in [1.165, 1.54) is 0 Å². The molecule has 0 rings (SSSR count). The van der Waals surface area contributed by atoms with Crippen LogP contribution in [0.1, 0.15) is 34.1 Å². The van der Waals surface area contributed by atoms with Crippen molar-refractivity contribution in [3.63, 3.8) is 0 Å². The number of nitrogens with one attached hydrogen (secondary N) is 1. The highest BCUT2D eigenvalue weighted by Crippen LogP contribution is 2.13. The molecule has 0 saturated carbocycles. The van der Waals surface area contributed by atoms with Crippen LogP contribution in [0.5, 0.6) is 0 Å². The molecule has 0 aromatic rings. The molecule has 0 spiro atoms. The molecule has 0 heterocycles. The molecular formula is C10H22N2O2. The molecule has 0 aliphatic heterocycles. The topological polar surface area (TPSA) is 64.3 Å². The molecule has 0 atom stereocenters. The molecular weight excluding hydrogens is 180 g/mol. The molecule has 0 aromatic heterocycles. The summed E-state index contributed by atoms with van der Waals surface area (Å²) in [6, 6.07) is 0. The van der Waals surface area contributed by atoms with Crippen molar-refractivity contribution in [2.45, 2.75) is 45.3 Å². The first kappa shape index (κ1) is 13.4. The van der Waals surface area contributed by atoms with Gasteiger partial charge in [-0.25, -0.2) is 0 Å². The first-order valence-corrected chi connectivity index (χ1v) is 4.79. The Bertz CT molecular complexity index is 180. The zero-order valence-corrected chi connectivity index (χ0v) is 9.81. The van der Waals surface area contributed by atoms with Crippen molar-refractivity contribution >= 4 is 5.91 Å². The number of carbonyl (C=O) groups excluding carboxylic acids is 1. The van der Waals surface area contributed by atoms with Crippen LogP contribution >= 0.6 is 0 Å². The average molecular weight is 202 g/mol. The molecule has 4 heteroatoms. The highest BCUT2D eigenvalue weighted by Gasteiger charge is 2.24. The van der Waals surface area contributed by atoms with Crippen molar-refractivity contribution in [2.24, 2.45) is 5.73 Å². The van der Waals surface area contributed by atoms with E-state index in [0.717, 1.165) is 0 Å². The molecule has 1 amide bonds. The van der Waals surface area contributed by atoms with Gasteiger partial charge in [0, 0.05) is 19.2 Å². The molecule has 0 bridgehead atoms. The fraction of sp³-hybridized carbons (Fsp3) is 0.900. The van der Waals surface area contributed by atoms with Gasteiger partial charge in [0.25, 0.3) is 0 Å². The maximum atomic E-state index is 11.5. The fourth-order valence-electron chi connectivity index (χ4n) is 0.931. The van der Waals surface area contributed by atoms with Gasteiger partial charge in [0.2, 0.25) is 5.91 Å². The summed E-state index contributed by atoms with van der Waals surface area (Å²) in [6.45, 7) is 7.96. The minimum atomic E-state index is -0.422. The predicted octanol–water partition coefficient (Wildman–Crippen LogP) is 0.655. The van der Waals surface area contributed by atoms with Crippen LogP contribution in [0.15, 0.2) is 0 Å². The smallest absolute Gasteiger partial charge is 0.223 e. The van der Waals surface area contributed by atoms with E-state index in [0.29, 0.717) is 13.0 Å². The van der Waals surface area contributed by atoms with Gasteiger partial charge in [0.1, 0.15) is 0 Å². The van der Waals surface area contributed by atoms with Crippen molar-refractivity contribution in [1.29, 1.82) is 0 Å². The summed E-state index contributed by atoms with van der Waals surface area (Å²) >= 11 is 0. The second-order valence-corrected chi connectivity index (χ2v) is 4.78. The number of rotatable bonds is 5. The average Bonchev–Trinajstić information content (AvgIpc) is 2.02. The van der Waals surface area contributed by atoms with Crippen molar-refractivity contribution in [2.75, 3.05) is 13.7 Å². The molecule has 84 valence electrons. The maximum absolute atomic E-state index is 11.5. The Labute approximate surface area is 86.2 Å². The van der Waals surface area contributed by atoms with Crippen molar-refractivity contribution < 1.29 is 9.53 Å². The zero-order chi connectivity index (χ0) is 11.4. The summed E-state index contributed by atoms with van der Waals surface area (Å²) in [5.41, 5.74) is 4.74. The lowest BCUT2D eigenvalue weighted by Crippen LogP contribution is -2.50. The summed E-state index contributed by atoms with van der Waals surface area (Å²) in [7, 11) is 1.60. The Kier molecular flexibility index (Phi) is 4.55.